The molecule has 0 heterocycles. The molecule has 0 bridgehead atoms. The van der Waals surface area contributed by atoms with Gasteiger partial charge in [0.15, 0.2) is 0 Å². The molecule has 18 heavy (non-hydrogen) atoms. The molecular weight excluding hydrogens is 245 g/mol. The largest absolute Gasteiger partial charge is 0.416 e. The molecule has 0 spiro atoms. The highest BCUT2D eigenvalue weighted by Crippen LogP contribution is 2.40. The summed E-state index contributed by atoms with van der Waals surface area (Å²) in [4.78, 5) is 11.2. The highest BCUT2D eigenvalue weighted by atomic mass is 19.4. The van der Waals surface area contributed by atoms with Crippen LogP contribution in [0.25, 0.3) is 0 Å². The Labute approximate surface area is 102 Å². The van der Waals surface area contributed by atoms with E-state index in [1.54, 1.807) is 0 Å². The molecule has 1 saturated carbocycles. The average Bonchev–Trinajstić information content (AvgIpc) is 2.74. The van der Waals surface area contributed by atoms with Crippen LogP contribution in [0.3, 0.4) is 0 Å². The van der Waals surface area contributed by atoms with E-state index < -0.39 is 18.3 Å². The van der Waals surface area contributed by atoms with Gasteiger partial charge in [-0.25, -0.2) is 0 Å². The number of aliphatic hydroxyl groups excluding tert-OH is 1. The van der Waals surface area contributed by atoms with Crippen molar-refractivity contribution in [1.82, 2.24) is 0 Å². The Morgan fingerprint density at radius 1 is 1.33 bits per heavy atom. The standard InChI is InChI=1S/C13H13F3O2/c14-13(15,16)12-5-8(7-17)1-4-11(12)9-2-3-10(18)6-9/h1,4-5,9,17H,2-3,6-7H2. The summed E-state index contributed by atoms with van der Waals surface area (Å²) in [6.45, 7) is -0.424. The van der Waals surface area contributed by atoms with E-state index in [9.17, 15) is 18.0 Å². The molecule has 0 aromatic heterocycles. The molecule has 1 fully saturated rings. The van der Waals surface area contributed by atoms with Gasteiger partial charge in [-0.15, -0.1) is 0 Å². The summed E-state index contributed by atoms with van der Waals surface area (Å²) in [5.41, 5.74) is -0.324. The predicted molar refractivity (Wildman–Crippen MR) is 59.0 cm³/mol. The minimum atomic E-state index is -4.45. The fourth-order valence-corrected chi connectivity index (χ4v) is 2.38. The van der Waals surface area contributed by atoms with Gasteiger partial charge in [-0.1, -0.05) is 12.1 Å². The van der Waals surface area contributed by atoms with Gasteiger partial charge in [0.05, 0.1) is 12.2 Å². The van der Waals surface area contributed by atoms with E-state index in [-0.39, 0.29) is 29.2 Å². The third-order valence-electron chi connectivity index (χ3n) is 3.29. The Hall–Kier alpha value is -1.36. The molecule has 2 rings (SSSR count). The van der Waals surface area contributed by atoms with E-state index in [0.717, 1.165) is 6.07 Å². The van der Waals surface area contributed by atoms with Crippen molar-refractivity contribution in [2.24, 2.45) is 0 Å². The molecule has 5 heteroatoms. The van der Waals surface area contributed by atoms with E-state index in [0.29, 0.717) is 12.8 Å². The minimum absolute atomic E-state index is 0.0133. The maximum absolute atomic E-state index is 12.9. The van der Waals surface area contributed by atoms with Crippen molar-refractivity contribution < 1.29 is 23.1 Å². The van der Waals surface area contributed by atoms with Gasteiger partial charge in [-0.2, -0.15) is 13.2 Å². The minimum Gasteiger partial charge on any atom is -0.392 e. The molecule has 0 saturated heterocycles. The Bertz CT molecular complexity index is 466. The number of benzene rings is 1. The summed E-state index contributed by atoms with van der Waals surface area (Å²) in [5.74, 6) is -0.332. The van der Waals surface area contributed by atoms with Crippen LogP contribution in [0.2, 0.25) is 0 Å². The zero-order chi connectivity index (χ0) is 13.3. The van der Waals surface area contributed by atoms with Crippen molar-refractivity contribution in [2.45, 2.75) is 38.0 Å². The zero-order valence-corrected chi connectivity index (χ0v) is 9.63. The summed E-state index contributed by atoms with van der Waals surface area (Å²) < 4.78 is 38.8. The number of carbonyl (C=O) groups is 1. The van der Waals surface area contributed by atoms with Crippen molar-refractivity contribution in [1.29, 1.82) is 0 Å². The number of hydrogen-bond acceptors (Lipinski definition) is 2. The van der Waals surface area contributed by atoms with E-state index in [2.05, 4.69) is 0 Å². The average molecular weight is 258 g/mol. The second-order valence-electron chi connectivity index (χ2n) is 4.56. The lowest BCUT2D eigenvalue weighted by Crippen LogP contribution is -2.12. The van der Waals surface area contributed by atoms with Gasteiger partial charge < -0.3 is 5.11 Å². The topological polar surface area (TPSA) is 37.3 Å². The summed E-state index contributed by atoms with van der Waals surface area (Å²) in [7, 11) is 0. The summed E-state index contributed by atoms with van der Waals surface area (Å²) in [6, 6.07) is 3.84. The van der Waals surface area contributed by atoms with Crippen LogP contribution in [-0.4, -0.2) is 10.9 Å². The summed E-state index contributed by atoms with van der Waals surface area (Å²) >= 11 is 0. The van der Waals surface area contributed by atoms with Crippen LogP contribution in [0.15, 0.2) is 18.2 Å². The van der Waals surface area contributed by atoms with Crippen LogP contribution in [0.5, 0.6) is 0 Å². The lowest BCUT2D eigenvalue weighted by molar-refractivity contribution is -0.138. The first-order chi connectivity index (χ1) is 8.41. The molecule has 98 valence electrons. The molecule has 0 aliphatic heterocycles. The molecular formula is C13H13F3O2. The first-order valence-corrected chi connectivity index (χ1v) is 5.74. The second kappa shape index (κ2) is 4.72. The van der Waals surface area contributed by atoms with Gasteiger partial charge in [0.25, 0.3) is 0 Å². The van der Waals surface area contributed by atoms with E-state index in [1.165, 1.54) is 12.1 Å². The Morgan fingerprint density at radius 2 is 2.06 bits per heavy atom. The normalized spacial score (nSPS) is 20.4. The van der Waals surface area contributed by atoms with Crippen molar-refractivity contribution >= 4 is 5.78 Å². The third-order valence-corrected chi connectivity index (χ3v) is 3.29. The number of ketones is 1. The first kappa shape index (κ1) is 13.1. The van der Waals surface area contributed by atoms with Crippen LogP contribution >= 0.6 is 0 Å². The van der Waals surface area contributed by atoms with Crippen LogP contribution in [0.1, 0.15) is 41.9 Å². The number of Topliss-reactive ketones (excluding diaryl/α,β-unsaturated/α-hetero) is 1. The van der Waals surface area contributed by atoms with Gasteiger partial charge in [0, 0.05) is 12.8 Å². The fraction of sp³-hybridized carbons (Fsp3) is 0.462. The Morgan fingerprint density at radius 3 is 2.56 bits per heavy atom. The molecule has 1 aliphatic carbocycles. The van der Waals surface area contributed by atoms with Crippen molar-refractivity contribution in [3.8, 4) is 0 Å². The van der Waals surface area contributed by atoms with E-state index in [4.69, 9.17) is 5.11 Å². The lowest BCUT2D eigenvalue weighted by atomic mass is 9.91. The molecule has 2 nitrogen and oxygen atoms in total. The molecule has 1 unspecified atom stereocenters. The number of rotatable bonds is 2. The molecule has 1 aromatic carbocycles. The van der Waals surface area contributed by atoms with Crippen LogP contribution in [0.4, 0.5) is 13.2 Å². The van der Waals surface area contributed by atoms with Gasteiger partial charge in [-0.3, -0.25) is 4.79 Å². The number of halogens is 3. The van der Waals surface area contributed by atoms with Crippen LogP contribution in [0, 0.1) is 0 Å². The Kier molecular flexibility index (Phi) is 3.43. The second-order valence-corrected chi connectivity index (χ2v) is 4.56. The van der Waals surface area contributed by atoms with Gasteiger partial charge in [0.2, 0.25) is 0 Å². The quantitative estimate of drug-likeness (QED) is 0.885. The van der Waals surface area contributed by atoms with Gasteiger partial charge in [0.1, 0.15) is 5.78 Å². The molecule has 0 amide bonds. The number of carbonyl (C=O) groups excluding carboxylic acids is 1. The third kappa shape index (κ3) is 2.56. The summed E-state index contributed by atoms with van der Waals surface area (Å²) in [6.07, 6.45) is -3.45. The monoisotopic (exact) mass is 258 g/mol. The molecule has 1 atom stereocenters. The number of hydrogen-bond donors (Lipinski definition) is 1. The van der Waals surface area contributed by atoms with E-state index >= 15 is 0 Å². The smallest absolute Gasteiger partial charge is 0.392 e. The highest BCUT2D eigenvalue weighted by Gasteiger charge is 2.37. The SMILES string of the molecule is O=C1CCC(c2ccc(CO)cc2C(F)(F)F)C1. The van der Waals surface area contributed by atoms with Gasteiger partial charge >= 0.3 is 6.18 Å². The molecule has 1 aromatic rings. The predicted octanol–water partition coefficient (Wildman–Crippen LogP) is 3.03. The van der Waals surface area contributed by atoms with Crippen molar-refractivity contribution in [3.05, 3.63) is 34.9 Å². The lowest BCUT2D eigenvalue weighted by Gasteiger charge is -2.18. The Balaban J connectivity index is 2.43. The molecule has 1 aliphatic rings. The maximum atomic E-state index is 12.9. The number of alkyl halides is 3. The van der Waals surface area contributed by atoms with Crippen LogP contribution < -0.4 is 0 Å². The van der Waals surface area contributed by atoms with Crippen molar-refractivity contribution in [3.63, 3.8) is 0 Å². The molecule has 1 N–H and O–H groups in total. The number of aliphatic hydroxyl groups is 1. The fourth-order valence-electron chi connectivity index (χ4n) is 2.38. The first-order valence-electron chi connectivity index (χ1n) is 5.74. The zero-order valence-electron chi connectivity index (χ0n) is 9.63. The summed E-state index contributed by atoms with van der Waals surface area (Å²) in [5, 5.41) is 8.90. The van der Waals surface area contributed by atoms with Gasteiger partial charge in [-0.05, 0) is 29.5 Å². The highest BCUT2D eigenvalue weighted by molar-refractivity contribution is 5.81. The van der Waals surface area contributed by atoms with Crippen LogP contribution in [-0.2, 0) is 17.6 Å². The van der Waals surface area contributed by atoms with Crippen molar-refractivity contribution in [2.75, 3.05) is 0 Å². The van der Waals surface area contributed by atoms with E-state index in [1.807, 2.05) is 0 Å². The maximum Gasteiger partial charge on any atom is 0.416 e. The molecule has 0 radical (unpaired) electrons.